The third-order valence-corrected chi connectivity index (χ3v) is 6.35. The number of nitrogens with zero attached hydrogens (tertiary/aromatic N) is 2. The van der Waals surface area contributed by atoms with Gasteiger partial charge in [0.2, 0.25) is 0 Å². The number of Topliss-reactive ketones (excluding diaryl/α,β-unsaturated/α-hetero) is 1. The molecule has 1 aliphatic rings. The van der Waals surface area contributed by atoms with E-state index in [0.29, 0.717) is 11.3 Å². The van der Waals surface area contributed by atoms with Gasteiger partial charge >= 0.3 is 0 Å². The summed E-state index contributed by atoms with van der Waals surface area (Å²) in [4.78, 5) is 30.0. The zero-order chi connectivity index (χ0) is 20.1. The van der Waals surface area contributed by atoms with Gasteiger partial charge in [0.15, 0.2) is 5.78 Å². The molecule has 3 heterocycles. The van der Waals surface area contributed by atoms with E-state index in [1.165, 1.54) is 6.92 Å². The van der Waals surface area contributed by atoms with E-state index >= 15 is 0 Å². The molecule has 4 aromatic rings. The number of ketones is 1. The van der Waals surface area contributed by atoms with E-state index < -0.39 is 0 Å². The predicted molar refractivity (Wildman–Crippen MR) is 116 cm³/mol. The van der Waals surface area contributed by atoms with Crippen LogP contribution in [0.1, 0.15) is 33.3 Å². The van der Waals surface area contributed by atoms with E-state index in [-0.39, 0.29) is 11.7 Å². The van der Waals surface area contributed by atoms with Crippen LogP contribution in [0.2, 0.25) is 0 Å². The summed E-state index contributed by atoms with van der Waals surface area (Å²) in [6.45, 7) is 3.49. The lowest BCUT2D eigenvalue weighted by molar-refractivity contribution is 0.0998. The predicted octanol–water partition coefficient (Wildman–Crippen LogP) is 5.89. The Balaban J connectivity index is 1.77. The molecule has 0 bridgehead atoms. The van der Waals surface area contributed by atoms with Crippen LogP contribution in [0, 0.1) is 6.92 Å². The molecule has 0 unspecified atom stereocenters. The van der Waals surface area contributed by atoms with Gasteiger partial charge < -0.3 is 4.40 Å². The minimum Gasteiger partial charge on any atom is -0.313 e. The Morgan fingerprint density at radius 3 is 2.10 bits per heavy atom. The maximum absolute atomic E-state index is 13.9. The molecule has 0 N–H and O–H groups in total. The second-order valence-electron chi connectivity index (χ2n) is 7.09. The molecule has 1 aliphatic heterocycles. The fraction of sp³-hybridized carbons (Fsp3) is 0.0833. The zero-order valence-electron chi connectivity index (χ0n) is 16.0. The van der Waals surface area contributed by atoms with Crippen molar-refractivity contribution in [3.05, 3.63) is 89.7 Å². The lowest BCUT2D eigenvalue weighted by Crippen LogP contribution is -2.28. The second kappa shape index (κ2) is 6.64. The average Bonchev–Trinajstić information content (AvgIpc) is 3.13. The first-order valence-electron chi connectivity index (χ1n) is 9.38. The van der Waals surface area contributed by atoms with Crippen LogP contribution < -0.4 is 4.90 Å². The van der Waals surface area contributed by atoms with Gasteiger partial charge in [0.05, 0.1) is 28.1 Å². The normalized spacial score (nSPS) is 12.6. The fourth-order valence-electron chi connectivity index (χ4n) is 3.91. The van der Waals surface area contributed by atoms with Crippen molar-refractivity contribution in [3.8, 4) is 0 Å². The van der Waals surface area contributed by atoms with Crippen molar-refractivity contribution in [2.24, 2.45) is 0 Å². The van der Waals surface area contributed by atoms with Gasteiger partial charge in [-0.25, -0.2) is 0 Å². The molecule has 0 saturated heterocycles. The Labute approximate surface area is 172 Å². The number of anilines is 2. The van der Waals surface area contributed by atoms with Crippen LogP contribution in [0.3, 0.4) is 0 Å². The van der Waals surface area contributed by atoms with Crippen molar-refractivity contribution in [1.29, 1.82) is 0 Å². The summed E-state index contributed by atoms with van der Waals surface area (Å²) in [6, 6.07) is 21.4. The summed E-state index contributed by atoms with van der Waals surface area (Å²) in [6.07, 6.45) is 1.84. The molecule has 0 radical (unpaired) electrons. The molecule has 1 amide bonds. The van der Waals surface area contributed by atoms with Crippen molar-refractivity contribution in [2.75, 3.05) is 4.90 Å². The maximum Gasteiger partial charge on any atom is 0.265 e. The van der Waals surface area contributed by atoms with Crippen LogP contribution in [0.15, 0.2) is 82.7 Å². The van der Waals surface area contributed by atoms with Crippen molar-refractivity contribution in [2.45, 2.75) is 23.6 Å². The molecule has 29 heavy (non-hydrogen) atoms. The Morgan fingerprint density at radius 2 is 1.48 bits per heavy atom. The Hall–Kier alpha value is -3.31. The van der Waals surface area contributed by atoms with Crippen LogP contribution in [0.5, 0.6) is 0 Å². The zero-order valence-corrected chi connectivity index (χ0v) is 16.9. The van der Waals surface area contributed by atoms with Crippen molar-refractivity contribution >= 4 is 40.3 Å². The number of rotatable bonds is 2. The first-order valence-corrected chi connectivity index (χ1v) is 10.2. The highest BCUT2D eigenvalue weighted by molar-refractivity contribution is 7.99. The SMILES string of the molecule is CC(=O)c1cc(C(=O)N2c3ccccc3Sc3ccccc32)c2c(C)cccn12. The number of aromatic nitrogens is 1. The first-order chi connectivity index (χ1) is 14.1. The van der Waals surface area contributed by atoms with Crippen LogP contribution >= 0.6 is 11.8 Å². The van der Waals surface area contributed by atoms with Gasteiger partial charge in [0.1, 0.15) is 0 Å². The van der Waals surface area contributed by atoms with Crippen LogP contribution in [0.25, 0.3) is 5.52 Å². The molecule has 5 heteroatoms. The number of fused-ring (bicyclic) bond motifs is 3. The number of para-hydroxylation sites is 2. The van der Waals surface area contributed by atoms with Gasteiger partial charge in [-0.3, -0.25) is 14.5 Å². The van der Waals surface area contributed by atoms with Crippen molar-refractivity contribution < 1.29 is 9.59 Å². The van der Waals surface area contributed by atoms with E-state index in [4.69, 9.17) is 0 Å². The topological polar surface area (TPSA) is 41.8 Å². The summed E-state index contributed by atoms with van der Waals surface area (Å²) in [5, 5.41) is 0. The highest BCUT2D eigenvalue weighted by Crippen LogP contribution is 2.48. The Morgan fingerprint density at radius 1 is 0.862 bits per heavy atom. The molecule has 0 fully saturated rings. The third kappa shape index (κ3) is 2.69. The minimum atomic E-state index is -0.135. The lowest BCUT2D eigenvalue weighted by Gasteiger charge is -2.31. The van der Waals surface area contributed by atoms with Crippen molar-refractivity contribution in [1.82, 2.24) is 4.40 Å². The molecule has 2 aromatic heterocycles. The summed E-state index contributed by atoms with van der Waals surface area (Å²) >= 11 is 1.66. The number of hydrogen-bond acceptors (Lipinski definition) is 3. The van der Waals surface area contributed by atoms with Gasteiger partial charge in [-0.1, -0.05) is 42.1 Å². The molecule has 0 saturated carbocycles. The molecular formula is C24H18N2O2S. The number of aryl methyl sites for hydroxylation is 1. The van der Waals surface area contributed by atoms with E-state index in [0.717, 1.165) is 32.2 Å². The number of hydrogen-bond donors (Lipinski definition) is 0. The Kier molecular flexibility index (Phi) is 4.07. The van der Waals surface area contributed by atoms with Crippen LogP contribution in [0.4, 0.5) is 11.4 Å². The number of carbonyl (C=O) groups excluding carboxylic acids is 2. The van der Waals surface area contributed by atoms with E-state index in [2.05, 4.69) is 0 Å². The quantitative estimate of drug-likeness (QED) is 0.395. The van der Waals surface area contributed by atoms with E-state index in [1.807, 2.05) is 78.2 Å². The number of carbonyl (C=O) groups is 2. The van der Waals surface area contributed by atoms with Gasteiger partial charge in [-0.05, 0) is 48.9 Å². The molecule has 0 aliphatic carbocycles. The second-order valence-corrected chi connectivity index (χ2v) is 8.17. The van der Waals surface area contributed by atoms with Gasteiger partial charge in [0.25, 0.3) is 5.91 Å². The fourth-order valence-corrected chi connectivity index (χ4v) is 4.97. The Bertz CT molecular complexity index is 1260. The minimum absolute atomic E-state index is 0.0698. The molecule has 4 nitrogen and oxygen atoms in total. The number of amides is 1. The molecule has 5 rings (SSSR count). The molecule has 2 aromatic carbocycles. The summed E-state index contributed by atoms with van der Waals surface area (Å²) in [7, 11) is 0. The average molecular weight is 398 g/mol. The third-order valence-electron chi connectivity index (χ3n) is 5.22. The smallest absolute Gasteiger partial charge is 0.265 e. The van der Waals surface area contributed by atoms with Crippen LogP contribution in [-0.4, -0.2) is 16.1 Å². The number of pyridine rings is 1. The lowest BCUT2D eigenvalue weighted by atomic mass is 10.1. The standard InChI is InChI=1S/C24H18N2O2S/c1-15-8-7-13-25-20(16(2)27)14-17(23(15)25)24(28)26-18-9-3-5-11-21(18)29-22-12-6-4-10-19(22)26/h3-14H,1-2H3. The summed E-state index contributed by atoms with van der Waals surface area (Å²) < 4.78 is 1.82. The summed E-state index contributed by atoms with van der Waals surface area (Å²) in [5.74, 6) is -0.204. The molecule has 0 atom stereocenters. The highest BCUT2D eigenvalue weighted by atomic mass is 32.2. The maximum atomic E-state index is 13.9. The van der Waals surface area contributed by atoms with Crippen molar-refractivity contribution in [3.63, 3.8) is 0 Å². The highest BCUT2D eigenvalue weighted by Gasteiger charge is 2.31. The summed E-state index contributed by atoms with van der Waals surface area (Å²) in [5.41, 5.74) is 4.49. The van der Waals surface area contributed by atoms with Gasteiger partial charge in [-0.2, -0.15) is 0 Å². The number of benzene rings is 2. The largest absolute Gasteiger partial charge is 0.313 e. The van der Waals surface area contributed by atoms with Gasteiger partial charge in [0, 0.05) is 22.9 Å². The molecular weight excluding hydrogens is 380 g/mol. The molecule has 0 spiro atoms. The van der Waals surface area contributed by atoms with Crippen LogP contribution in [-0.2, 0) is 0 Å². The van der Waals surface area contributed by atoms with E-state index in [9.17, 15) is 9.59 Å². The monoisotopic (exact) mass is 398 g/mol. The first kappa shape index (κ1) is 17.8. The van der Waals surface area contributed by atoms with Gasteiger partial charge in [-0.15, -0.1) is 0 Å². The van der Waals surface area contributed by atoms with E-state index in [1.54, 1.807) is 22.7 Å². The molecule has 142 valence electrons.